The number of hydrogen-bond acceptors (Lipinski definition) is 2. The minimum atomic E-state index is -4.06. The summed E-state index contributed by atoms with van der Waals surface area (Å²) in [6, 6.07) is 0. The van der Waals surface area contributed by atoms with Gasteiger partial charge in [0.1, 0.15) is 6.10 Å². The molecule has 0 spiro atoms. The molecule has 2 fully saturated rings. The molecule has 0 amide bonds. The monoisotopic (exact) mass is 262 g/mol. The van der Waals surface area contributed by atoms with Gasteiger partial charge in [-0.05, 0) is 31.1 Å². The smallest absolute Gasteiger partial charge is 0.377 e. The van der Waals surface area contributed by atoms with Gasteiger partial charge in [0.15, 0.2) is 0 Å². The van der Waals surface area contributed by atoms with Gasteiger partial charge < -0.3 is 10.2 Å². The summed E-state index contributed by atoms with van der Waals surface area (Å²) in [4.78, 5) is 10.6. The average molecular weight is 262 g/mol. The van der Waals surface area contributed by atoms with Gasteiger partial charge in [-0.1, -0.05) is 26.2 Å². The molecule has 104 valence electrons. The topological polar surface area (TPSA) is 57.5 Å². The van der Waals surface area contributed by atoms with Gasteiger partial charge in [0.25, 0.3) is 0 Å². The lowest BCUT2D eigenvalue weighted by Gasteiger charge is -2.48. The first-order valence-corrected chi connectivity index (χ1v) is 6.55. The Kier molecular flexibility index (Phi) is 3.38. The Labute approximate surface area is 105 Å². The zero-order valence-corrected chi connectivity index (χ0v) is 10.5. The van der Waals surface area contributed by atoms with E-state index in [2.05, 4.69) is 0 Å². The Morgan fingerprint density at radius 2 is 1.83 bits per heavy atom. The van der Waals surface area contributed by atoms with Crippen LogP contribution in [-0.4, -0.2) is 28.2 Å². The second-order valence-electron chi connectivity index (χ2n) is 6.29. The van der Waals surface area contributed by atoms with E-state index in [-0.39, 0.29) is 0 Å². The summed E-state index contributed by atoms with van der Waals surface area (Å²) in [5, 5.41) is 18.4. The first-order chi connectivity index (χ1) is 8.25. The van der Waals surface area contributed by atoms with Gasteiger partial charge in [-0.25, -0.2) is 4.79 Å². The normalized spacial score (nSPS) is 38.2. The van der Waals surface area contributed by atoms with Gasteiger partial charge in [0.05, 0.1) is 0 Å². The first-order valence-electron chi connectivity index (χ1n) is 6.55. The summed E-state index contributed by atoms with van der Waals surface area (Å²) < 4.78 is 27.0. The Balaban J connectivity index is 2.18. The van der Waals surface area contributed by atoms with Crippen LogP contribution < -0.4 is 0 Å². The van der Waals surface area contributed by atoms with Gasteiger partial charge in [-0.3, -0.25) is 0 Å². The second kappa shape index (κ2) is 4.44. The summed E-state index contributed by atoms with van der Waals surface area (Å²) >= 11 is 0. The van der Waals surface area contributed by atoms with Crippen LogP contribution in [0.1, 0.15) is 45.4 Å². The van der Waals surface area contributed by atoms with Crippen LogP contribution in [0.5, 0.6) is 0 Å². The van der Waals surface area contributed by atoms with E-state index in [1.165, 1.54) is 0 Å². The van der Waals surface area contributed by atoms with Crippen molar-refractivity contribution in [3.63, 3.8) is 0 Å². The molecule has 3 atom stereocenters. The number of aliphatic carboxylic acids is 1. The van der Waals surface area contributed by atoms with Gasteiger partial charge in [0.2, 0.25) is 0 Å². The summed E-state index contributed by atoms with van der Waals surface area (Å²) in [6.07, 6.45) is 3.11. The van der Waals surface area contributed by atoms with Crippen LogP contribution >= 0.6 is 0 Å². The molecule has 0 aliphatic heterocycles. The number of hydrogen-bond donors (Lipinski definition) is 2. The molecule has 5 heteroatoms. The highest BCUT2D eigenvalue weighted by Crippen LogP contribution is 2.52. The van der Waals surface area contributed by atoms with Crippen molar-refractivity contribution < 1.29 is 23.8 Å². The predicted octanol–water partition coefficient (Wildman–Crippen LogP) is 2.67. The van der Waals surface area contributed by atoms with Crippen molar-refractivity contribution >= 4 is 5.97 Å². The Morgan fingerprint density at radius 3 is 2.28 bits per heavy atom. The average Bonchev–Trinajstić information content (AvgIpc) is 2.27. The van der Waals surface area contributed by atoms with E-state index >= 15 is 0 Å². The molecule has 18 heavy (non-hydrogen) atoms. The zero-order chi connectivity index (χ0) is 13.6. The lowest BCUT2D eigenvalue weighted by Crippen LogP contribution is -2.53. The predicted molar refractivity (Wildman–Crippen MR) is 61.4 cm³/mol. The fraction of sp³-hybridized carbons (Fsp3) is 0.923. The SMILES string of the molecule is CC1(C(O)C(F)(F)C(=O)O)CC2CCCC(C2)C1. The summed E-state index contributed by atoms with van der Waals surface area (Å²) in [5.41, 5.74) is -0.976. The third-order valence-corrected chi connectivity index (χ3v) is 4.69. The van der Waals surface area contributed by atoms with Crippen LogP contribution in [0.2, 0.25) is 0 Å². The quantitative estimate of drug-likeness (QED) is 0.822. The largest absolute Gasteiger partial charge is 0.477 e. The van der Waals surface area contributed by atoms with Crippen LogP contribution in [0, 0.1) is 17.3 Å². The number of aliphatic hydroxyl groups is 1. The maximum Gasteiger partial charge on any atom is 0.377 e. The Bertz CT molecular complexity index is 331. The van der Waals surface area contributed by atoms with Gasteiger partial charge in [-0.15, -0.1) is 0 Å². The van der Waals surface area contributed by atoms with Crippen molar-refractivity contribution in [3.8, 4) is 0 Å². The second-order valence-corrected chi connectivity index (χ2v) is 6.29. The Morgan fingerprint density at radius 1 is 1.33 bits per heavy atom. The molecule has 2 aliphatic carbocycles. The summed E-state index contributed by atoms with van der Waals surface area (Å²) in [6.45, 7) is 1.61. The van der Waals surface area contributed by atoms with Crippen LogP contribution in [0.3, 0.4) is 0 Å². The van der Waals surface area contributed by atoms with E-state index < -0.39 is 23.4 Å². The molecule has 0 saturated heterocycles. The Hall–Kier alpha value is -0.710. The lowest BCUT2D eigenvalue weighted by molar-refractivity contribution is -0.204. The van der Waals surface area contributed by atoms with Crippen molar-refractivity contribution in [1.29, 1.82) is 0 Å². The molecule has 0 heterocycles. The van der Waals surface area contributed by atoms with Gasteiger partial charge in [-0.2, -0.15) is 8.78 Å². The van der Waals surface area contributed by atoms with E-state index in [0.29, 0.717) is 24.7 Å². The van der Waals surface area contributed by atoms with Crippen molar-refractivity contribution in [3.05, 3.63) is 0 Å². The summed E-state index contributed by atoms with van der Waals surface area (Å²) in [7, 11) is 0. The number of halogens is 2. The van der Waals surface area contributed by atoms with E-state index in [4.69, 9.17) is 5.11 Å². The maximum absolute atomic E-state index is 13.5. The molecule has 0 radical (unpaired) electrons. The first kappa shape index (κ1) is 13.7. The zero-order valence-electron chi connectivity index (χ0n) is 10.5. The molecular formula is C13H20F2O3. The van der Waals surface area contributed by atoms with Crippen LogP contribution in [0.25, 0.3) is 0 Å². The van der Waals surface area contributed by atoms with Crippen LogP contribution in [0.4, 0.5) is 8.78 Å². The molecule has 2 bridgehead atoms. The molecule has 2 N–H and O–H groups in total. The molecule has 2 saturated carbocycles. The van der Waals surface area contributed by atoms with Crippen molar-refractivity contribution in [2.45, 2.75) is 57.5 Å². The lowest BCUT2D eigenvalue weighted by atomic mass is 9.59. The highest BCUT2D eigenvalue weighted by atomic mass is 19.3. The number of rotatable bonds is 3. The fourth-order valence-corrected chi connectivity index (χ4v) is 3.95. The van der Waals surface area contributed by atoms with E-state index in [1.54, 1.807) is 6.92 Å². The van der Waals surface area contributed by atoms with Gasteiger partial charge in [0, 0.05) is 5.41 Å². The fourth-order valence-electron chi connectivity index (χ4n) is 3.95. The highest BCUT2D eigenvalue weighted by Gasteiger charge is 2.57. The molecule has 2 aliphatic rings. The number of fused-ring (bicyclic) bond motifs is 2. The number of carboxylic acid groups (broad SMARTS) is 1. The maximum atomic E-state index is 13.5. The molecule has 0 aromatic heterocycles. The number of alkyl halides is 2. The molecular weight excluding hydrogens is 242 g/mol. The van der Waals surface area contributed by atoms with Crippen molar-refractivity contribution in [2.24, 2.45) is 17.3 Å². The van der Waals surface area contributed by atoms with E-state index in [0.717, 1.165) is 25.7 Å². The van der Waals surface area contributed by atoms with E-state index in [9.17, 15) is 18.7 Å². The van der Waals surface area contributed by atoms with Crippen molar-refractivity contribution in [2.75, 3.05) is 0 Å². The highest BCUT2D eigenvalue weighted by molar-refractivity contribution is 5.76. The van der Waals surface area contributed by atoms with Crippen LogP contribution in [-0.2, 0) is 4.79 Å². The minimum Gasteiger partial charge on any atom is -0.477 e. The van der Waals surface area contributed by atoms with E-state index in [1.807, 2.05) is 0 Å². The molecule has 2 rings (SSSR count). The standard InChI is InChI=1S/C13H20F2O3/c1-12(10(16)13(14,15)11(17)18)6-8-3-2-4-9(5-8)7-12/h8-10,16H,2-7H2,1H3,(H,17,18). The van der Waals surface area contributed by atoms with Gasteiger partial charge >= 0.3 is 11.9 Å². The molecule has 0 aromatic rings. The van der Waals surface area contributed by atoms with Crippen molar-refractivity contribution in [1.82, 2.24) is 0 Å². The number of carboxylic acids is 1. The third kappa shape index (κ3) is 2.25. The summed E-state index contributed by atoms with van der Waals surface area (Å²) in [5.74, 6) is -5.56. The number of carbonyl (C=O) groups is 1. The third-order valence-electron chi connectivity index (χ3n) is 4.69. The number of aliphatic hydroxyl groups excluding tert-OH is 1. The minimum absolute atomic E-state index is 0.363. The molecule has 3 nitrogen and oxygen atoms in total. The molecule has 3 unspecified atom stereocenters. The van der Waals surface area contributed by atoms with Crippen LogP contribution in [0.15, 0.2) is 0 Å². The molecule has 0 aromatic carbocycles.